The lowest BCUT2D eigenvalue weighted by atomic mass is 10.2. The van der Waals surface area contributed by atoms with Crippen LogP contribution in [-0.4, -0.2) is 21.3 Å². The number of ether oxygens (including phenoxy) is 1. The van der Waals surface area contributed by atoms with Gasteiger partial charge in [-0.15, -0.1) is 0 Å². The quantitative estimate of drug-likeness (QED) is 0.520. The number of amides is 2. The molecule has 0 aliphatic rings. The molecule has 3 rings (SSSR count). The van der Waals surface area contributed by atoms with Crippen LogP contribution in [0.3, 0.4) is 0 Å². The summed E-state index contributed by atoms with van der Waals surface area (Å²) in [6.07, 6.45) is 1.46. The number of carbonyl (C=O) groups excluding carboxylic acids is 1. The van der Waals surface area contributed by atoms with Crippen LogP contribution in [0.2, 0.25) is 0 Å². The van der Waals surface area contributed by atoms with Crippen LogP contribution < -0.4 is 10.5 Å². The highest BCUT2D eigenvalue weighted by atomic mass is 19.1. The largest absolute Gasteiger partial charge is 0.487 e. The van der Waals surface area contributed by atoms with E-state index in [0.29, 0.717) is 33.5 Å². The molecule has 26 heavy (non-hydrogen) atoms. The zero-order valence-corrected chi connectivity index (χ0v) is 13.6. The Kier molecular flexibility index (Phi) is 5.14. The molecule has 134 valence electrons. The van der Waals surface area contributed by atoms with Gasteiger partial charge in [0.15, 0.2) is 0 Å². The number of benzene rings is 2. The van der Waals surface area contributed by atoms with Crippen molar-refractivity contribution in [3.8, 4) is 17.2 Å². The van der Waals surface area contributed by atoms with Crippen molar-refractivity contribution < 1.29 is 23.5 Å². The minimum atomic E-state index is -0.938. The molecule has 3 aromatic rings. The number of carbonyl (C=O) groups is 1. The number of nitrogens with zero attached hydrogens (tertiary/aromatic N) is 2. The highest BCUT2D eigenvalue weighted by molar-refractivity contribution is 5.70. The second-order valence-corrected chi connectivity index (χ2v) is 5.48. The zero-order chi connectivity index (χ0) is 18.5. The predicted octanol–water partition coefficient (Wildman–Crippen LogP) is 3.33. The van der Waals surface area contributed by atoms with E-state index in [1.807, 2.05) is 0 Å². The van der Waals surface area contributed by atoms with Gasteiger partial charge in [-0.05, 0) is 42.0 Å². The summed E-state index contributed by atoms with van der Waals surface area (Å²) >= 11 is 0. The molecule has 0 unspecified atom stereocenters. The van der Waals surface area contributed by atoms with Gasteiger partial charge in [-0.2, -0.15) is 0 Å². The number of oxazole rings is 1. The third kappa shape index (κ3) is 4.37. The number of hydrogen-bond acceptors (Lipinski definition) is 5. The summed E-state index contributed by atoms with van der Waals surface area (Å²) < 4.78 is 24.0. The van der Waals surface area contributed by atoms with E-state index in [1.165, 1.54) is 18.4 Å². The maximum absolute atomic E-state index is 13.0. The Balaban J connectivity index is 1.62. The summed E-state index contributed by atoms with van der Waals surface area (Å²) in [5.74, 6) is 0.572. The van der Waals surface area contributed by atoms with Gasteiger partial charge in [0, 0.05) is 5.56 Å². The molecule has 0 spiro atoms. The van der Waals surface area contributed by atoms with Crippen molar-refractivity contribution in [1.29, 1.82) is 0 Å². The topological polar surface area (TPSA) is 102 Å². The highest BCUT2D eigenvalue weighted by Crippen LogP contribution is 2.20. The van der Waals surface area contributed by atoms with E-state index in [4.69, 9.17) is 14.9 Å². The molecular formula is C18H16FN3O4. The van der Waals surface area contributed by atoms with Gasteiger partial charge in [0.25, 0.3) is 0 Å². The molecule has 1 heterocycles. The van der Waals surface area contributed by atoms with Crippen molar-refractivity contribution in [3.63, 3.8) is 0 Å². The Morgan fingerprint density at radius 3 is 2.77 bits per heavy atom. The Labute approximate surface area is 148 Å². The van der Waals surface area contributed by atoms with Crippen molar-refractivity contribution in [2.45, 2.75) is 13.2 Å². The first-order valence-electron chi connectivity index (χ1n) is 7.69. The molecule has 3 N–H and O–H groups in total. The minimum Gasteiger partial charge on any atom is -0.487 e. The van der Waals surface area contributed by atoms with E-state index in [-0.39, 0.29) is 19.0 Å². The predicted molar refractivity (Wildman–Crippen MR) is 89.6 cm³/mol. The SMILES string of the molecule is NC(=O)N(O)Cc1cccc(OCc2coc(-c3ccc(F)cc3)n2)c1. The van der Waals surface area contributed by atoms with Crippen LogP contribution in [0.4, 0.5) is 9.18 Å². The Hall–Kier alpha value is -3.39. The number of nitrogens with two attached hydrogens (primary N) is 1. The first-order valence-corrected chi connectivity index (χ1v) is 7.69. The van der Waals surface area contributed by atoms with E-state index in [9.17, 15) is 14.4 Å². The van der Waals surface area contributed by atoms with E-state index in [0.717, 1.165) is 0 Å². The molecule has 8 heteroatoms. The summed E-state index contributed by atoms with van der Waals surface area (Å²) in [5.41, 5.74) is 6.86. The molecule has 7 nitrogen and oxygen atoms in total. The number of hydroxylamine groups is 2. The highest BCUT2D eigenvalue weighted by Gasteiger charge is 2.09. The maximum Gasteiger partial charge on any atom is 0.338 e. The Morgan fingerprint density at radius 1 is 1.27 bits per heavy atom. The van der Waals surface area contributed by atoms with Crippen LogP contribution in [0.1, 0.15) is 11.3 Å². The smallest absolute Gasteiger partial charge is 0.338 e. The van der Waals surface area contributed by atoms with E-state index in [1.54, 1.807) is 36.4 Å². The average Bonchev–Trinajstić information content (AvgIpc) is 3.10. The van der Waals surface area contributed by atoms with Crippen molar-refractivity contribution in [3.05, 3.63) is 71.9 Å². The van der Waals surface area contributed by atoms with E-state index in [2.05, 4.69) is 4.98 Å². The van der Waals surface area contributed by atoms with Crippen LogP contribution in [0.25, 0.3) is 11.5 Å². The maximum atomic E-state index is 13.0. The fourth-order valence-electron chi connectivity index (χ4n) is 2.24. The van der Waals surface area contributed by atoms with Crippen LogP contribution in [0.5, 0.6) is 5.75 Å². The van der Waals surface area contributed by atoms with Crippen molar-refractivity contribution in [2.75, 3.05) is 0 Å². The van der Waals surface area contributed by atoms with Gasteiger partial charge in [0.05, 0.1) is 6.54 Å². The summed E-state index contributed by atoms with van der Waals surface area (Å²) in [7, 11) is 0. The van der Waals surface area contributed by atoms with Crippen LogP contribution in [0, 0.1) is 5.82 Å². The molecule has 0 radical (unpaired) electrons. The lowest BCUT2D eigenvalue weighted by Gasteiger charge is -2.12. The fraction of sp³-hybridized carbons (Fsp3) is 0.111. The molecule has 0 saturated heterocycles. The molecule has 1 aromatic heterocycles. The number of halogens is 1. The molecular weight excluding hydrogens is 341 g/mol. The normalized spacial score (nSPS) is 10.5. The molecule has 0 fully saturated rings. The Bertz CT molecular complexity index is 895. The number of aromatic nitrogens is 1. The van der Waals surface area contributed by atoms with Gasteiger partial charge in [-0.25, -0.2) is 19.2 Å². The number of hydrogen-bond donors (Lipinski definition) is 2. The second-order valence-electron chi connectivity index (χ2n) is 5.48. The first-order chi connectivity index (χ1) is 12.5. The van der Waals surface area contributed by atoms with Gasteiger partial charge >= 0.3 is 6.03 Å². The third-order valence-corrected chi connectivity index (χ3v) is 3.51. The molecule has 0 bridgehead atoms. The zero-order valence-electron chi connectivity index (χ0n) is 13.6. The molecule has 2 aromatic carbocycles. The molecule has 0 aliphatic heterocycles. The van der Waals surface area contributed by atoms with Crippen LogP contribution in [0.15, 0.2) is 59.2 Å². The summed E-state index contributed by atoms with van der Waals surface area (Å²) in [6.45, 7) is 0.109. The Morgan fingerprint density at radius 2 is 2.04 bits per heavy atom. The summed E-state index contributed by atoms with van der Waals surface area (Å²) in [5, 5.41) is 9.79. The lowest BCUT2D eigenvalue weighted by Crippen LogP contribution is -2.31. The third-order valence-electron chi connectivity index (χ3n) is 3.51. The molecule has 0 saturated carbocycles. The molecule has 2 amide bonds. The van der Waals surface area contributed by atoms with Gasteiger partial charge < -0.3 is 14.9 Å². The van der Waals surface area contributed by atoms with Gasteiger partial charge in [-0.3, -0.25) is 5.21 Å². The van der Waals surface area contributed by atoms with Crippen molar-refractivity contribution in [2.24, 2.45) is 5.73 Å². The van der Waals surface area contributed by atoms with Gasteiger partial charge in [-0.1, -0.05) is 12.1 Å². The molecule has 0 atom stereocenters. The fourth-order valence-corrected chi connectivity index (χ4v) is 2.24. The summed E-state index contributed by atoms with van der Waals surface area (Å²) in [6, 6.07) is 11.7. The van der Waals surface area contributed by atoms with Gasteiger partial charge in [0.2, 0.25) is 5.89 Å². The van der Waals surface area contributed by atoms with Crippen LogP contribution in [-0.2, 0) is 13.2 Å². The second kappa shape index (κ2) is 7.66. The van der Waals surface area contributed by atoms with Gasteiger partial charge in [0.1, 0.15) is 30.1 Å². The van der Waals surface area contributed by atoms with Crippen LogP contribution >= 0.6 is 0 Å². The number of rotatable bonds is 6. The van der Waals surface area contributed by atoms with E-state index < -0.39 is 6.03 Å². The number of urea groups is 1. The molecule has 0 aliphatic carbocycles. The minimum absolute atomic E-state index is 0.0504. The van der Waals surface area contributed by atoms with Crippen molar-refractivity contribution in [1.82, 2.24) is 10.0 Å². The summed E-state index contributed by atoms with van der Waals surface area (Å²) in [4.78, 5) is 15.2. The number of primary amides is 1. The van der Waals surface area contributed by atoms with E-state index >= 15 is 0 Å². The monoisotopic (exact) mass is 357 g/mol. The average molecular weight is 357 g/mol. The van der Waals surface area contributed by atoms with Crippen molar-refractivity contribution >= 4 is 6.03 Å². The lowest BCUT2D eigenvalue weighted by molar-refractivity contribution is -0.0470. The first kappa shape index (κ1) is 17.4. The standard InChI is InChI=1S/C18H16FN3O4/c19-14-6-4-13(5-7-14)17-21-15(11-26-17)10-25-16-3-1-2-12(8-16)9-22(24)18(20)23/h1-8,11,24H,9-10H2,(H2,20,23).